The van der Waals surface area contributed by atoms with Crippen molar-refractivity contribution in [1.82, 2.24) is 20.6 Å². The number of aryl methyl sites for hydroxylation is 2. The Morgan fingerprint density at radius 1 is 0.691 bits per heavy atom. The van der Waals surface area contributed by atoms with Crippen LogP contribution in [0.4, 0.5) is 30.0 Å². The molecule has 2 aromatic carbocycles. The molecule has 0 unspecified atom stereocenters. The fourth-order valence-electron chi connectivity index (χ4n) is 6.47. The quantitative estimate of drug-likeness (QED) is 0.0883. The van der Waals surface area contributed by atoms with Crippen molar-refractivity contribution in [2.45, 2.75) is 144 Å². The van der Waals surface area contributed by atoms with Gasteiger partial charge in [-0.05, 0) is 202 Å². The summed E-state index contributed by atoms with van der Waals surface area (Å²) in [4.78, 5) is 55.1. The fourth-order valence-corrected chi connectivity index (χ4v) is 6.93. The maximum atomic E-state index is 14.8. The normalized spacial score (nSPS) is 16.0. The highest BCUT2D eigenvalue weighted by molar-refractivity contribution is 14.1. The van der Waals surface area contributed by atoms with Crippen LogP contribution in [-0.2, 0) is 41.5 Å². The summed E-state index contributed by atoms with van der Waals surface area (Å²) in [6, 6.07) is 13.4. The van der Waals surface area contributed by atoms with Gasteiger partial charge in [0.1, 0.15) is 34.5 Å². The van der Waals surface area contributed by atoms with E-state index in [1.165, 1.54) is 12.1 Å². The molecule has 1 saturated heterocycles. The SMILES string of the molecule is Cc1cc(-c2ccnc(NC(=O)C3CC3)c2)c(F)cc1CNC(=O)OC(C)(C)C.Cc1cc(B2OC(C)(C)C(C)(C)O2)c(F)cc1CNC(=O)OC(C)(C)C.O=C(Nc1cc(I)ccn1)C1CC1. The molecule has 0 atom stereocenters. The summed E-state index contributed by atoms with van der Waals surface area (Å²) in [6.07, 6.45) is 6.01. The van der Waals surface area contributed by atoms with Gasteiger partial charge in [-0.15, -0.1) is 0 Å². The zero-order valence-electron chi connectivity index (χ0n) is 41.0. The fraction of sp³-hybridized carbons (Fsp3) is 0.480. The molecule has 2 saturated carbocycles. The summed E-state index contributed by atoms with van der Waals surface area (Å²) in [7, 11) is -0.758. The van der Waals surface area contributed by atoms with Crippen LogP contribution in [0.3, 0.4) is 0 Å². The number of nitrogens with one attached hydrogen (secondary N) is 4. The maximum absolute atomic E-state index is 14.8. The van der Waals surface area contributed by atoms with Gasteiger partial charge in [0.25, 0.3) is 0 Å². The molecular weight excluding hydrogens is 988 g/mol. The zero-order chi connectivity index (χ0) is 50.4. The summed E-state index contributed by atoms with van der Waals surface area (Å²) < 4.78 is 52.8. The molecule has 366 valence electrons. The number of carbonyl (C=O) groups excluding carboxylic acids is 4. The number of pyridine rings is 2. The second kappa shape index (κ2) is 22.0. The minimum atomic E-state index is -0.758. The van der Waals surface area contributed by atoms with Crippen molar-refractivity contribution in [3.8, 4) is 11.1 Å². The molecule has 4 aromatic rings. The Labute approximate surface area is 412 Å². The smallest absolute Gasteiger partial charge is 0.444 e. The molecule has 18 heteroatoms. The predicted molar refractivity (Wildman–Crippen MR) is 267 cm³/mol. The number of hydrogen-bond acceptors (Lipinski definition) is 10. The Kier molecular flexibility index (Phi) is 17.4. The van der Waals surface area contributed by atoms with Gasteiger partial charge in [0.15, 0.2) is 0 Å². The van der Waals surface area contributed by atoms with Gasteiger partial charge < -0.3 is 40.0 Å². The molecular formula is C50H64BF2IN6O8. The number of amides is 4. The number of rotatable bonds is 10. The van der Waals surface area contributed by atoms with Gasteiger partial charge in [0.05, 0.1) is 11.2 Å². The van der Waals surface area contributed by atoms with Crippen molar-refractivity contribution < 1.29 is 46.7 Å². The van der Waals surface area contributed by atoms with Gasteiger partial charge in [0, 0.05) is 51.9 Å². The summed E-state index contributed by atoms with van der Waals surface area (Å²) in [6.45, 7) is 22.5. The molecule has 14 nitrogen and oxygen atoms in total. The lowest BCUT2D eigenvalue weighted by atomic mass is 9.77. The van der Waals surface area contributed by atoms with E-state index in [1.807, 2.05) is 53.7 Å². The first kappa shape index (κ1) is 53.7. The summed E-state index contributed by atoms with van der Waals surface area (Å²) >= 11 is 2.19. The summed E-state index contributed by atoms with van der Waals surface area (Å²) in [5.74, 6) is 0.591. The lowest BCUT2D eigenvalue weighted by Gasteiger charge is -2.32. The molecule has 2 aliphatic carbocycles. The van der Waals surface area contributed by atoms with Gasteiger partial charge in [0.2, 0.25) is 11.8 Å². The molecule has 0 radical (unpaired) electrons. The third-order valence-corrected chi connectivity index (χ3v) is 11.9. The van der Waals surface area contributed by atoms with E-state index in [9.17, 15) is 28.0 Å². The number of halogens is 3. The molecule has 7 rings (SSSR count). The molecule has 68 heavy (non-hydrogen) atoms. The molecule has 2 aromatic heterocycles. The van der Waals surface area contributed by atoms with Crippen LogP contribution in [0.1, 0.15) is 117 Å². The number of nitrogens with zero attached hydrogens (tertiary/aromatic N) is 2. The second-order valence-electron chi connectivity index (χ2n) is 20.2. The minimum Gasteiger partial charge on any atom is -0.444 e. The molecule has 1 aliphatic heterocycles. The van der Waals surface area contributed by atoms with Crippen LogP contribution in [0, 0.1) is 40.9 Å². The first-order valence-corrected chi connectivity index (χ1v) is 23.7. The van der Waals surface area contributed by atoms with E-state index >= 15 is 0 Å². The van der Waals surface area contributed by atoms with Crippen molar-refractivity contribution in [2.75, 3.05) is 10.6 Å². The number of benzene rings is 2. The van der Waals surface area contributed by atoms with Gasteiger partial charge in [-0.2, -0.15) is 0 Å². The average molecular weight is 1050 g/mol. The van der Waals surface area contributed by atoms with Gasteiger partial charge >= 0.3 is 19.3 Å². The van der Waals surface area contributed by atoms with Crippen molar-refractivity contribution in [3.05, 3.63) is 98.4 Å². The first-order chi connectivity index (χ1) is 31.6. The highest BCUT2D eigenvalue weighted by atomic mass is 127. The van der Waals surface area contributed by atoms with E-state index in [0.717, 1.165) is 40.4 Å². The Morgan fingerprint density at radius 3 is 1.59 bits per heavy atom. The lowest BCUT2D eigenvalue weighted by molar-refractivity contribution is -0.118. The number of carbonyl (C=O) groups is 4. The van der Waals surface area contributed by atoms with Crippen molar-refractivity contribution in [2.24, 2.45) is 11.8 Å². The van der Waals surface area contributed by atoms with Crippen LogP contribution in [0.5, 0.6) is 0 Å². The Bertz CT molecular complexity index is 2470. The lowest BCUT2D eigenvalue weighted by Crippen LogP contribution is -2.41. The number of alkyl carbamates (subject to hydrolysis) is 2. The van der Waals surface area contributed by atoms with Crippen molar-refractivity contribution >= 4 is 70.8 Å². The van der Waals surface area contributed by atoms with E-state index in [-0.39, 0.29) is 36.7 Å². The molecule has 0 spiro atoms. The molecule has 3 fully saturated rings. The number of ether oxygens (including phenoxy) is 2. The maximum Gasteiger partial charge on any atom is 0.497 e. The molecule has 0 bridgehead atoms. The predicted octanol–water partition coefficient (Wildman–Crippen LogP) is 10.1. The van der Waals surface area contributed by atoms with E-state index in [0.29, 0.717) is 39.4 Å². The van der Waals surface area contributed by atoms with Crippen LogP contribution in [0.2, 0.25) is 0 Å². The third-order valence-electron chi connectivity index (χ3n) is 11.2. The van der Waals surface area contributed by atoms with E-state index in [2.05, 4.69) is 53.8 Å². The van der Waals surface area contributed by atoms with Gasteiger partial charge in [-0.1, -0.05) is 6.07 Å². The van der Waals surface area contributed by atoms with Crippen LogP contribution in [0.15, 0.2) is 60.9 Å². The molecule has 3 aliphatic rings. The zero-order valence-corrected chi connectivity index (χ0v) is 43.2. The Morgan fingerprint density at radius 2 is 1.13 bits per heavy atom. The largest absolute Gasteiger partial charge is 0.497 e. The minimum absolute atomic E-state index is 0.0464. The van der Waals surface area contributed by atoms with Crippen LogP contribution < -0.4 is 26.7 Å². The van der Waals surface area contributed by atoms with Crippen LogP contribution >= 0.6 is 22.6 Å². The third kappa shape index (κ3) is 16.2. The Hall–Kier alpha value is -5.21. The van der Waals surface area contributed by atoms with Crippen LogP contribution in [-0.4, -0.2) is 63.5 Å². The summed E-state index contributed by atoms with van der Waals surface area (Å²) in [5, 5.41) is 10.9. The highest BCUT2D eigenvalue weighted by Crippen LogP contribution is 2.37. The molecule has 4 amide bonds. The highest BCUT2D eigenvalue weighted by Gasteiger charge is 2.52. The van der Waals surface area contributed by atoms with Gasteiger partial charge in [-0.25, -0.2) is 28.3 Å². The van der Waals surface area contributed by atoms with Crippen molar-refractivity contribution in [1.29, 1.82) is 0 Å². The second-order valence-corrected chi connectivity index (χ2v) is 21.4. The van der Waals surface area contributed by atoms with E-state index in [1.54, 1.807) is 78.2 Å². The van der Waals surface area contributed by atoms with Crippen LogP contribution in [0.25, 0.3) is 11.1 Å². The molecule has 3 heterocycles. The van der Waals surface area contributed by atoms with Gasteiger partial charge in [-0.3, -0.25) is 9.59 Å². The number of anilines is 2. The number of hydrogen-bond donors (Lipinski definition) is 4. The number of aromatic nitrogens is 2. The van der Waals surface area contributed by atoms with E-state index < -0.39 is 53.3 Å². The van der Waals surface area contributed by atoms with Crippen molar-refractivity contribution in [3.63, 3.8) is 0 Å². The topological polar surface area (TPSA) is 179 Å². The standard InChI is InChI=1S/C22H26FN3O3.C19H29BFNO4.C9H9IN2O/c1-13-9-17(15-7-8-24-19(11-15)26-20(27)14-5-6-14)18(23)10-16(13)12-25-21(28)29-22(2,3)4;1-12-9-14(20-25-18(5,6)19(7,8)26-20)15(21)10-13(12)11-22-16(23)24-17(2,3)4;10-7-3-4-11-8(5-7)12-9(13)6-1-2-6/h7-11,14H,5-6,12H2,1-4H3,(H,25,28)(H,24,26,27);9-10H,11H2,1-8H3,(H,22,23);3-6H,1-2H2,(H,11,12,13). The Balaban J connectivity index is 0.000000203. The van der Waals surface area contributed by atoms with E-state index in [4.69, 9.17) is 18.8 Å². The monoisotopic (exact) mass is 1050 g/mol. The first-order valence-electron chi connectivity index (χ1n) is 22.7. The average Bonchev–Trinajstić information content (AvgIpc) is 4.15. The summed E-state index contributed by atoms with van der Waals surface area (Å²) in [5.41, 5.74) is 2.16. The molecule has 4 N–H and O–H groups in total.